The lowest BCUT2D eigenvalue weighted by Crippen LogP contribution is -2.50. The first-order valence-electron chi connectivity index (χ1n) is 4.31. The van der Waals surface area contributed by atoms with Gasteiger partial charge in [-0.1, -0.05) is 26.3 Å². The summed E-state index contributed by atoms with van der Waals surface area (Å²) < 4.78 is 0. The maximum absolute atomic E-state index is 9.14. The maximum atomic E-state index is 9.14. The Hall–Kier alpha value is -0.830. The highest BCUT2D eigenvalue weighted by atomic mass is 16.4. The van der Waals surface area contributed by atoms with Crippen LogP contribution in [0, 0.1) is 0 Å². The summed E-state index contributed by atoms with van der Waals surface area (Å²) in [6.07, 6.45) is 6.13. The monoisotopic (exact) mass is 173 g/mol. The van der Waals surface area contributed by atoms with E-state index in [1.807, 2.05) is 0 Å². The van der Waals surface area contributed by atoms with Crippen LogP contribution in [0.5, 0.6) is 0 Å². The standard InChI is InChI=1S/C6H15N.C3H4O2/c1-2-3-4-5-6-7;1-2-3(4)5/h2-7H2,1H3;2H,1H2,(H,4,5). The first kappa shape index (κ1) is 13.7. The molecule has 0 atom stereocenters. The summed E-state index contributed by atoms with van der Waals surface area (Å²) in [4.78, 5) is 9.14. The van der Waals surface area contributed by atoms with Gasteiger partial charge in [0.1, 0.15) is 0 Å². The van der Waals surface area contributed by atoms with Crippen molar-refractivity contribution >= 4 is 5.97 Å². The van der Waals surface area contributed by atoms with E-state index < -0.39 is 5.97 Å². The highest BCUT2D eigenvalue weighted by molar-refractivity contribution is 5.76. The molecule has 0 aromatic rings. The van der Waals surface area contributed by atoms with Crippen molar-refractivity contribution in [2.45, 2.75) is 32.6 Å². The zero-order valence-electron chi connectivity index (χ0n) is 7.84. The molecular formula is C9H19NO2. The minimum absolute atomic E-state index is 0.722. The van der Waals surface area contributed by atoms with Crippen LogP contribution in [0.1, 0.15) is 32.6 Å². The number of unbranched alkanes of at least 4 members (excludes halogenated alkanes) is 3. The molecule has 0 aromatic heterocycles. The average Bonchev–Trinajstić information content (AvgIpc) is 2.07. The van der Waals surface area contributed by atoms with Crippen molar-refractivity contribution in [3.8, 4) is 0 Å². The van der Waals surface area contributed by atoms with Gasteiger partial charge in [-0.2, -0.15) is 0 Å². The molecule has 3 nitrogen and oxygen atoms in total. The molecule has 0 aliphatic rings. The van der Waals surface area contributed by atoms with Crippen molar-refractivity contribution in [2.24, 2.45) is 0 Å². The summed E-state index contributed by atoms with van der Waals surface area (Å²) >= 11 is 0. The third kappa shape index (κ3) is 22.9. The average molecular weight is 173 g/mol. The molecule has 0 aliphatic heterocycles. The summed E-state index contributed by atoms with van der Waals surface area (Å²) in [5.41, 5.74) is 3.76. The Bertz CT molecular complexity index is 109. The molecule has 0 amide bonds. The van der Waals surface area contributed by atoms with E-state index in [4.69, 9.17) is 9.90 Å². The lowest BCUT2D eigenvalue weighted by Gasteiger charge is -1.89. The number of rotatable bonds is 5. The lowest BCUT2D eigenvalue weighted by atomic mass is 10.2. The molecule has 0 heterocycles. The van der Waals surface area contributed by atoms with Gasteiger partial charge < -0.3 is 15.6 Å². The molecule has 3 heteroatoms. The van der Waals surface area contributed by atoms with Gasteiger partial charge in [-0.15, -0.1) is 0 Å². The summed E-state index contributed by atoms with van der Waals surface area (Å²) in [6, 6.07) is 0. The molecule has 3 N–H and O–H groups in total. The summed E-state index contributed by atoms with van der Waals surface area (Å²) in [6.45, 7) is 6.23. The highest BCUT2D eigenvalue weighted by Crippen LogP contribution is 1.94. The van der Waals surface area contributed by atoms with Gasteiger partial charge in [0.2, 0.25) is 0 Å². The Morgan fingerprint density at radius 1 is 1.50 bits per heavy atom. The number of hydrogen-bond acceptors (Lipinski definition) is 2. The molecule has 0 saturated heterocycles. The van der Waals surface area contributed by atoms with Crippen LogP contribution in [0.4, 0.5) is 0 Å². The topological polar surface area (TPSA) is 67.8 Å². The van der Waals surface area contributed by atoms with Gasteiger partial charge in [0.15, 0.2) is 0 Å². The second kappa shape index (κ2) is 12.8. The molecule has 72 valence electrons. The minimum Gasteiger partial charge on any atom is -0.545 e. The van der Waals surface area contributed by atoms with Gasteiger partial charge in [0.05, 0.1) is 12.5 Å². The molecule has 0 saturated carbocycles. The molecule has 0 bridgehead atoms. The van der Waals surface area contributed by atoms with Crippen LogP contribution >= 0.6 is 0 Å². The SMILES string of the molecule is C=CC(=O)[O-].CCCCCC[NH3+]. The summed E-state index contributed by atoms with van der Waals surface area (Å²) in [5, 5.41) is 9.14. The van der Waals surface area contributed by atoms with Crippen molar-refractivity contribution in [1.29, 1.82) is 0 Å². The fourth-order valence-electron chi connectivity index (χ4n) is 0.604. The number of carbonyl (C=O) groups is 1. The van der Waals surface area contributed by atoms with Crippen LogP contribution < -0.4 is 10.8 Å². The van der Waals surface area contributed by atoms with E-state index in [1.54, 1.807) is 0 Å². The first-order chi connectivity index (χ1) is 5.68. The van der Waals surface area contributed by atoms with Gasteiger partial charge in [-0.3, -0.25) is 0 Å². The van der Waals surface area contributed by atoms with Gasteiger partial charge in [0, 0.05) is 0 Å². The Balaban J connectivity index is 0. The van der Waals surface area contributed by atoms with Crippen molar-refractivity contribution in [3.05, 3.63) is 12.7 Å². The normalized spacial score (nSPS) is 8.17. The number of carboxylic acids is 1. The van der Waals surface area contributed by atoms with Crippen LogP contribution in [0.15, 0.2) is 12.7 Å². The van der Waals surface area contributed by atoms with Gasteiger partial charge in [0.25, 0.3) is 0 Å². The predicted octanol–water partition coefficient (Wildman–Crippen LogP) is -0.269. The van der Waals surface area contributed by atoms with E-state index >= 15 is 0 Å². The molecular weight excluding hydrogens is 154 g/mol. The fourth-order valence-corrected chi connectivity index (χ4v) is 0.604. The molecule has 12 heavy (non-hydrogen) atoms. The molecule has 0 spiro atoms. The second-order valence-electron chi connectivity index (χ2n) is 2.44. The third-order valence-electron chi connectivity index (χ3n) is 1.27. The number of hydrogen-bond donors (Lipinski definition) is 1. The summed E-state index contributed by atoms with van der Waals surface area (Å²) in [7, 11) is 0. The Labute approximate surface area is 74.3 Å². The van der Waals surface area contributed by atoms with Crippen molar-refractivity contribution in [3.63, 3.8) is 0 Å². The molecule has 0 aliphatic carbocycles. The van der Waals surface area contributed by atoms with Crippen LogP contribution in [-0.2, 0) is 4.79 Å². The Morgan fingerprint density at radius 2 is 2.00 bits per heavy atom. The van der Waals surface area contributed by atoms with E-state index in [0.29, 0.717) is 0 Å². The van der Waals surface area contributed by atoms with E-state index in [0.717, 1.165) is 12.6 Å². The second-order valence-corrected chi connectivity index (χ2v) is 2.44. The number of aliphatic carboxylic acids is 1. The van der Waals surface area contributed by atoms with Crippen LogP contribution in [0.2, 0.25) is 0 Å². The molecule has 0 aromatic carbocycles. The number of quaternary nitrogens is 1. The van der Waals surface area contributed by atoms with Crippen LogP contribution in [-0.4, -0.2) is 12.5 Å². The first-order valence-corrected chi connectivity index (χ1v) is 4.31. The molecule has 0 unspecified atom stereocenters. The van der Waals surface area contributed by atoms with Gasteiger partial charge >= 0.3 is 0 Å². The van der Waals surface area contributed by atoms with Crippen molar-refractivity contribution < 1.29 is 15.6 Å². The lowest BCUT2D eigenvalue weighted by molar-refractivity contribution is -0.368. The predicted molar refractivity (Wildman–Crippen MR) is 47.1 cm³/mol. The minimum atomic E-state index is -1.23. The van der Waals surface area contributed by atoms with E-state index in [1.165, 1.54) is 25.7 Å². The Kier molecular flexibility index (Phi) is 14.7. The maximum Gasteiger partial charge on any atom is 0.0739 e. The van der Waals surface area contributed by atoms with E-state index in [2.05, 4.69) is 19.2 Å². The van der Waals surface area contributed by atoms with Gasteiger partial charge in [-0.05, 0) is 18.9 Å². The molecule has 0 rings (SSSR count). The number of carbonyl (C=O) groups excluding carboxylic acids is 1. The van der Waals surface area contributed by atoms with E-state index in [-0.39, 0.29) is 0 Å². The molecule has 0 radical (unpaired) electrons. The van der Waals surface area contributed by atoms with Crippen molar-refractivity contribution in [2.75, 3.05) is 6.54 Å². The summed E-state index contributed by atoms with van der Waals surface area (Å²) in [5.74, 6) is -1.23. The largest absolute Gasteiger partial charge is 0.545 e. The third-order valence-corrected chi connectivity index (χ3v) is 1.27. The van der Waals surface area contributed by atoms with Gasteiger partial charge in [-0.25, -0.2) is 0 Å². The van der Waals surface area contributed by atoms with Crippen LogP contribution in [0.25, 0.3) is 0 Å². The zero-order chi connectivity index (χ0) is 9.82. The van der Waals surface area contributed by atoms with E-state index in [9.17, 15) is 0 Å². The fraction of sp³-hybridized carbons (Fsp3) is 0.667. The van der Waals surface area contributed by atoms with Crippen LogP contribution in [0.3, 0.4) is 0 Å². The quantitative estimate of drug-likeness (QED) is 0.459. The number of carboxylic acid groups (broad SMARTS) is 1. The van der Waals surface area contributed by atoms with Crippen molar-refractivity contribution in [1.82, 2.24) is 0 Å². The smallest absolute Gasteiger partial charge is 0.0739 e. The molecule has 0 fully saturated rings. The Morgan fingerprint density at radius 3 is 2.25 bits per heavy atom. The zero-order valence-corrected chi connectivity index (χ0v) is 7.84. The highest BCUT2D eigenvalue weighted by Gasteiger charge is 1.82.